The quantitative estimate of drug-likeness (QED) is 0.127. The van der Waals surface area contributed by atoms with E-state index in [9.17, 15) is 0 Å². The molecule has 0 amide bonds. The van der Waals surface area contributed by atoms with Gasteiger partial charge in [-0.15, -0.1) is 0 Å². The highest BCUT2D eigenvalue weighted by atomic mass is 14.3. The van der Waals surface area contributed by atoms with Crippen LogP contribution in [-0.4, -0.2) is 6.71 Å². The van der Waals surface area contributed by atoms with E-state index >= 15 is 0 Å². The monoisotopic (exact) mass is 861 g/mol. The fourth-order valence-electron chi connectivity index (χ4n) is 10.5. The molecule has 6 aromatic carbocycles. The van der Waals surface area contributed by atoms with Crippen LogP contribution in [0.3, 0.4) is 0 Å². The van der Waals surface area contributed by atoms with Crippen molar-refractivity contribution in [2.75, 3.05) is 0 Å². The summed E-state index contributed by atoms with van der Waals surface area (Å²) in [4.78, 5) is 0. The van der Waals surface area contributed by atoms with Gasteiger partial charge in [-0.2, -0.15) is 0 Å². The summed E-state index contributed by atoms with van der Waals surface area (Å²) in [6.45, 7) is 42.5. The number of aryl methyl sites for hydroxylation is 2. The molecule has 6 aromatic rings. The van der Waals surface area contributed by atoms with Crippen molar-refractivity contribution in [2.24, 2.45) is 5.41 Å². The zero-order valence-electron chi connectivity index (χ0n) is 43.9. The summed E-state index contributed by atoms with van der Waals surface area (Å²) in [5.74, 6) is 0.458. The third-order valence-corrected chi connectivity index (χ3v) is 14.6. The van der Waals surface area contributed by atoms with Gasteiger partial charge in [-0.05, 0) is 145 Å². The summed E-state index contributed by atoms with van der Waals surface area (Å²) >= 11 is 0. The highest BCUT2D eigenvalue weighted by Crippen LogP contribution is 2.39. The van der Waals surface area contributed by atoms with Crippen molar-refractivity contribution in [3.05, 3.63) is 182 Å². The molecule has 340 valence electrons. The minimum atomic E-state index is -0.00609. The van der Waals surface area contributed by atoms with Gasteiger partial charge in [0.15, 0.2) is 0 Å². The predicted molar refractivity (Wildman–Crippen MR) is 287 cm³/mol. The third kappa shape index (κ3) is 10.7. The molecule has 0 atom stereocenters. The lowest BCUT2D eigenvalue weighted by Gasteiger charge is -2.29. The van der Waals surface area contributed by atoms with Crippen molar-refractivity contribution in [1.82, 2.24) is 0 Å². The molecule has 0 nitrogen and oxygen atoms in total. The van der Waals surface area contributed by atoms with Crippen molar-refractivity contribution < 1.29 is 0 Å². The average molecular weight is 861 g/mol. The summed E-state index contributed by atoms with van der Waals surface area (Å²) < 4.78 is 0. The first-order valence-electron chi connectivity index (χ1n) is 24.8. The van der Waals surface area contributed by atoms with Crippen molar-refractivity contribution in [3.63, 3.8) is 0 Å². The molecule has 0 saturated heterocycles. The second-order valence-corrected chi connectivity index (χ2v) is 25.4. The summed E-state index contributed by atoms with van der Waals surface area (Å²) in [7, 11) is 0. The Morgan fingerprint density at radius 2 is 0.985 bits per heavy atom. The summed E-state index contributed by atoms with van der Waals surface area (Å²) in [6, 6.07) is 44.1. The van der Waals surface area contributed by atoms with Gasteiger partial charge in [0.05, 0.1) is 0 Å². The molecule has 0 heterocycles. The molecule has 0 bridgehead atoms. The lowest BCUT2D eigenvalue weighted by atomic mass is 9.33. The highest BCUT2D eigenvalue weighted by Gasteiger charge is 2.35. The van der Waals surface area contributed by atoms with Crippen LogP contribution < -0.4 is 16.4 Å². The van der Waals surface area contributed by atoms with E-state index in [1.807, 2.05) is 0 Å². The second kappa shape index (κ2) is 17.6. The van der Waals surface area contributed by atoms with Gasteiger partial charge < -0.3 is 0 Å². The zero-order chi connectivity index (χ0) is 47.6. The maximum Gasteiger partial charge on any atom is 0.242 e. The van der Waals surface area contributed by atoms with Crippen LogP contribution in [0.25, 0.3) is 11.1 Å². The van der Waals surface area contributed by atoms with Crippen LogP contribution >= 0.6 is 0 Å². The Morgan fingerprint density at radius 1 is 0.492 bits per heavy atom. The lowest BCUT2D eigenvalue weighted by Crippen LogP contribution is -2.56. The molecule has 7 rings (SSSR count). The Bertz CT molecular complexity index is 2670. The standard InChI is InChI=1S/C64H81B/c1-41(2)48-30-42(3)59(43(4)31-48)65(58-38-55(63(14,15)16)29-25-47(58)32-44-22-26-52(27-23-44)60(5,6)7)57-36-51-40-64(17,18)39-50(51)34-49(57)33-46-24-28-54(62(11,12)13)37-56(46)45-20-19-21-53(35-45)61(8,9)10/h19-31,34-38,41H,32-33,39-40H2,1-18H3. The third-order valence-electron chi connectivity index (χ3n) is 14.6. The van der Waals surface area contributed by atoms with Gasteiger partial charge in [0, 0.05) is 0 Å². The first-order chi connectivity index (χ1) is 30.1. The fraction of sp³-hybridized carbons (Fsp3) is 0.438. The van der Waals surface area contributed by atoms with Crippen molar-refractivity contribution in [2.45, 2.75) is 178 Å². The Labute approximate surface area is 397 Å². The van der Waals surface area contributed by atoms with Crippen molar-refractivity contribution in [1.29, 1.82) is 0 Å². The molecule has 1 aliphatic carbocycles. The Balaban J connectivity index is 1.54. The first-order valence-corrected chi connectivity index (χ1v) is 24.8. The maximum absolute atomic E-state index is 2.69. The van der Waals surface area contributed by atoms with E-state index in [4.69, 9.17) is 0 Å². The van der Waals surface area contributed by atoms with Crippen LogP contribution in [0.15, 0.2) is 109 Å². The molecule has 0 aromatic heterocycles. The molecule has 1 heteroatoms. The smallest absolute Gasteiger partial charge is 0.0649 e. The number of rotatable bonds is 9. The molecule has 0 saturated carbocycles. The van der Waals surface area contributed by atoms with E-state index < -0.39 is 0 Å². The van der Waals surface area contributed by atoms with Gasteiger partial charge in [0.25, 0.3) is 0 Å². The summed E-state index contributed by atoms with van der Waals surface area (Å²) in [6.07, 6.45) is 3.97. The highest BCUT2D eigenvalue weighted by molar-refractivity contribution is 6.96. The maximum atomic E-state index is 2.69. The summed E-state index contributed by atoms with van der Waals surface area (Å²) in [5, 5.41) is 0. The minimum absolute atomic E-state index is 0.00609. The van der Waals surface area contributed by atoms with Gasteiger partial charge >= 0.3 is 0 Å². The minimum Gasteiger partial charge on any atom is -0.0649 e. The van der Waals surface area contributed by atoms with E-state index in [0.29, 0.717) is 5.92 Å². The Morgan fingerprint density at radius 3 is 1.54 bits per heavy atom. The Hall–Kier alpha value is -4.62. The molecule has 0 aliphatic heterocycles. The van der Waals surface area contributed by atoms with Gasteiger partial charge in [0.1, 0.15) is 0 Å². The molecule has 0 spiro atoms. The molecular formula is C64H81B. The number of fused-ring (bicyclic) bond motifs is 1. The zero-order valence-corrected chi connectivity index (χ0v) is 43.9. The van der Waals surface area contributed by atoms with E-state index in [1.165, 1.54) is 99.8 Å². The van der Waals surface area contributed by atoms with Crippen molar-refractivity contribution in [3.8, 4) is 11.1 Å². The van der Waals surface area contributed by atoms with E-state index in [2.05, 4.69) is 234 Å². The average Bonchev–Trinajstić information content (AvgIpc) is 3.50. The molecule has 0 N–H and O–H groups in total. The molecule has 0 unspecified atom stereocenters. The Kier molecular flexibility index (Phi) is 13.1. The SMILES string of the molecule is Cc1cc(C(C)C)cc(C)c1B(c1cc(C(C)(C)C)ccc1Cc1ccc(C(C)(C)C)cc1)c1cc2c(cc1Cc1ccc(C(C)(C)C)cc1-c1cccc(C(C)(C)C)c1)CC(C)(C)C2. The normalized spacial score (nSPS) is 14.3. The molecular weight excluding hydrogens is 780 g/mol. The van der Waals surface area contributed by atoms with Gasteiger partial charge in [-0.25, -0.2) is 0 Å². The fourth-order valence-corrected chi connectivity index (χ4v) is 10.5. The number of hydrogen-bond donors (Lipinski definition) is 0. The molecule has 1 aliphatic rings. The molecule has 65 heavy (non-hydrogen) atoms. The van der Waals surface area contributed by atoms with Gasteiger partial charge in [-0.1, -0.05) is 247 Å². The van der Waals surface area contributed by atoms with E-state index in [1.54, 1.807) is 0 Å². The molecule has 0 fully saturated rings. The van der Waals surface area contributed by atoms with Gasteiger partial charge in [-0.3, -0.25) is 0 Å². The number of hydrogen-bond acceptors (Lipinski definition) is 0. The topological polar surface area (TPSA) is 0 Å². The lowest BCUT2D eigenvalue weighted by molar-refractivity contribution is 0.392. The van der Waals surface area contributed by atoms with E-state index in [0.717, 1.165) is 25.7 Å². The van der Waals surface area contributed by atoms with Crippen LogP contribution in [0.4, 0.5) is 0 Å². The largest absolute Gasteiger partial charge is 0.242 e. The number of benzene rings is 6. The first kappa shape index (κ1) is 48.3. The predicted octanol–water partition coefficient (Wildman–Crippen LogP) is 15.1. The van der Waals surface area contributed by atoms with Crippen LogP contribution in [-0.2, 0) is 47.3 Å². The van der Waals surface area contributed by atoms with Gasteiger partial charge in [0.2, 0.25) is 6.71 Å². The van der Waals surface area contributed by atoms with E-state index in [-0.39, 0.29) is 33.8 Å². The summed E-state index contributed by atoms with van der Waals surface area (Å²) in [5.41, 5.74) is 25.9. The van der Waals surface area contributed by atoms with Crippen molar-refractivity contribution >= 4 is 23.1 Å². The van der Waals surface area contributed by atoms with Crippen LogP contribution in [0.5, 0.6) is 0 Å². The second-order valence-electron chi connectivity index (χ2n) is 25.4. The molecule has 0 radical (unpaired) electrons. The van der Waals surface area contributed by atoms with Crippen LogP contribution in [0.2, 0.25) is 0 Å². The van der Waals surface area contributed by atoms with Crippen LogP contribution in [0, 0.1) is 19.3 Å². The van der Waals surface area contributed by atoms with Crippen LogP contribution in [0.1, 0.15) is 189 Å².